The number of hydrogen-bond acceptors (Lipinski definition) is 13. The molecule has 330 valence electrons. The van der Waals surface area contributed by atoms with Crippen LogP contribution in [0.2, 0.25) is 0 Å². The maximum absolute atomic E-state index is 14.9. The van der Waals surface area contributed by atoms with E-state index >= 15 is 0 Å². The van der Waals surface area contributed by atoms with Crippen molar-refractivity contribution in [3.05, 3.63) is 192 Å². The summed E-state index contributed by atoms with van der Waals surface area (Å²) < 4.78 is 26.4. The average molecular weight is 892 g/mol. The number of imide groups is 1. The number of imidazole rings is 1. The summed E-state index contributed by atoms with van der Waals surface area (Å²) in [5.74, 6) is 0.341. The fourth-order valence-electron chi connectivity index (χ4n) is 9.27. The molecule has 0 aliphatic carbocycles. The van der Waals surface area contributed by atoms with Crippen molar-refractivity contribution in [3.63, 3.8) is 0 Å². The van der Waals surface area contributed by atoms with E-state index in [4.69, 9.17) is 29.2 Å². The van der Waals surface area contributed by atoms with Crippen molar-refractivity contribution in [3.8, 4) is 11.5 Å². The van der Waals surface area contributed by atoms with Crippen molar-refractivity contribution in [2.45, 2.75) is 49.0 Å². The molecule has 2 aliphatic rings. The first-order valence-electron chi connectivity index (χ1n) is 20.8. The summed E-state index contributed by atoms with van der Waals surface area (Å²) in [5.41, 5.74) is 9.50. The number of methoxy groups -OCH3 is 2. The Morgan fingerprint density at radius 2 is 1.48 bits per heavy atom. The highest BCUT2D eigenvalue weighted by Crippen LogP contribution is 2.52. The number of nitrogens with one attached hydrogen (secondary N) is 1. The number of nitrogens with zero attached hydrogens (tertiary/aromatic N) is 5. The van der Waals surface area contributed by atoms with Crippen LogP contribution in [0, 0.1) is 0 Å². The topological polar surface area (TPSA) is 196 Å². The number of carbonyl (C=O) groups excluding carboxylic acids is 2. The van der Waals surface area contributed by atoms with Gasteiger partial charge in [-0.1, -0.05) is 103 Å². The summed E-state index contributed by atoms with van der Waals surface area (Å²) in [5, 5.41) is 16.5. The van der Waals surface area contributed by atoms with Gasteiger partial charge in [0.25, 0.3) is 20.3 Å². The number of carbonyl (C=O) groups is 2. The second kappa shape index (κ2) is 18.3. The van der Waals surface area contributed by atoms with Crippen LogP contribution in [0.3, 0.4) is 0 Å². The van der Waals surface area contributed by atoms with Gasteiger partial charge in [0.05, 0.1) is 37.1 Å². The van der Waals surface area contributed by atoms with Crippen LogP contribution in [-0.4, -0.2) is 84.8 Å². The number of allylic oxidation sites excluding steroid dienone is 1. The molecule has 6 atom stereocenters. The molecule has 7 aromatic rings. The van der Waals surface area contributed by atoms with Crippen LogP contribution in [-0.2, 0) is 27.6 Å². The molecular weight excluding hydrogens is 846 g/mol. The van der Waals surface area contributed by atoms with Crippen molar-refractivity contribution in [2.24, 2.45) is 5.50 Å². The molecule has 0 spiro atoms. The molecule has 2 unspecified atom stereocenters. The van der Waals surface area contributed by atoms with Crippen LogP contribution in [0.4, 0.5) is 5.82 Å². The summed E-state index contributed by atoms with van der Waals surface area (Å²) in [6.07, 6.45) is -0.957. The minimum atomic E-state index is -2.68. The van der Waals surface area contributed by atoms with Crippen LogP contribution in [0.25, 0.3) is 11.2 Å². The molecule has 65 heavy (non-hydrogen) atoms. The summed E-state index contributed by atoms with van der Waals surface area (Å²) in [7, 11) is 0.456. The number of aliphatic hydroxyl groups is 1. The predicted molar refractivity (Wildman–Crippen MR) is 244 cm³/mol. The number of nitrogens with two attached hydrogens (primary N) is 1. The summed E-state index contributed by atoms with van der Waals surface area (Å²) in [6.45, 7) is 4.30. The SMILES string of the molecule is C=CCc1cccc2c1C(=O)N([C@@H]1[C@H](O)[C@@H](C(OP(N)O)C(c3ccccc3)(c3ccc(OC)cc3)c3ccc(OC)cc3)O[C@H]1n1cnc3c(NCc4ccccc4)ncnc31)C2=O. The van der Waals surface area contributed by atoms with Gasteiger partial charge in [-0.2, -0.15) is 0 Å². The lowest BCUT2D eigenvalue weighted by Gasteiger charge is -2.45. The Morgan fingerprint density at radius 1 is 0.846 bits per heavy atom. The minimum absolute atomic E-state index is 0.178. The molecule has 16 heteroatoms. The monoisotopic (exact) mass is 891 g/mol. The molecule has 1 saturated heterocycles. The van der Waals surface area contributed by atoms with Gasteiger partial charge < -0.3 is 34.1 Å². The number of ether oxygens (including phenoxy) is 3. The Kier molecular flexibility index (Phi) is 12.2. The van der Waals surface area contributed by atoms with Crippen LogP contribution >= 0.6 is 8.53 Å². The molecule has 2 aliphatic heterocycles. The number of hydrogen-bond donors (Lipinski definition) is 4. The molecule has 15 nitrogen and oxygen atoms in total. The molecular formula is C49H46N7O8P. The quantitative estimate of drug-likeness (QED) is 0.0347. The Balaban J connectivity index is 1.25. The van der Waals surface area contributed by atoms with Gasteiger partial charge in [-0.05, 0) is 64.6 Å². The molecule has 2 amide bonds. The summed E-state index contributed by atoms with van der Waals surface area (Å²) >= 11 is 0. The fourth-order valence-corrected chi connectivity index (χ4v) is 9.78. The lowest BCUT2D eigenvalue weighted by atomic mass is 9.64. The van der Waals surface area contributed by atoms with Gasteiger partial charge in [0.1, 0.15) is 42.2 Å². The van der Waals surface area contributed by atoms with Gasteiger partial charge in [0, 0.05) is 6.54 Å². The zero-order chi connectivity index (χ0) is 45.2. The van der Waals surface area contributed by atoms with E-state index in [1.807, 2.05) is 84.9 Å². The van der Waals surface area contributed by atoms with Gasteiger partial charge in [0.2, 0.25) is 0 Å². The van der Waals surface area contributed by atoms with Crippen molar-refractivity contribution >= 4 is 37.3 Å². The van der Waals surface area contributed by atoms with Gasteiger partial charge in [-0.15, -0.1) is 6.58 Å². The second-order valence-corrected chi connectivity index (χ2v) is 16.4. The van der Waals surface area contributed by atoms with Crippen LogP contribution in [0.5, 0.6) is 11.5 Å². The Morgan fingerprint density at radius 3 is 2.09 bits per heavy atom. The largest absolute Gasteiger partial charge is 0.497 e. The first kappa shape index (κ1) is 43.4. The first-order chi connectivity index (χ1) is 31.7. The van der Waals surface area contributed by atoms with Gasteiger partial charge in [0.15, 0.2) is 23.2 Å². The van der Waals surface area contributed by atoms with Crippen molar-refractivity contribution < 1.29 is 38.3 Å². The van der Waals surface area contributed by atoms with E-state index in [-0.39, 0.29) is 11.1 Å². The lowest BCUT2D eigenvalue weighted by molar-refractivity contribution is -0.0867. The van der Waals surface area contributed by atoms with E-state index in [1.165, 1.54) is 12.7 Å². The zero-order valence-corrected chi connectivity index (χ0v) is 36.4. The Hall–Kier alpha value is -6.84. The van der Waals surface area contributed by atoms with Crippen LogP contribution in [0.15, 0.2) is 153 Å². The van der Waals surface area contributed by atoms with Crippen molar-refractivity contribution in [1.82, 2.24) is 24.4 Å². The van der Waals surface area contributed by atoms with E-state index in [0.717, 1.165) is 10.5 Å². The number of rotatable bonds is 16. The fraction of sp³-hybridized carbons (Fsp3) is 0.204. The van der Waals surface area contributed by atoms with E-state index in [2.05, 4.69) is 21.9 Å². The second-order valence-electron chi connectivity index (χ2n) is 15.6. The third-order valence-electron chi connectivity index (χ3n) is 12.2. The number of aromatic nitrogens is 4. The Bertz CT molecular complexity index is 2780. The first-order valence-corrected chi connectivity index (χ1v) is 22.1. The zero-order valence-electron chi connectivity index (χ0n) is 35.5. The molecule has 0 bridgehead atoms. The number of fused-ring (bicyclic) bond motifs is 2. The molecule has 0 saturated carbocycles. The number of benzene rings is 5. The highest BCUT2D eigenvalue weighted by molar-refractivity contribution is 7.43. The molecule has 5 N–H and O–H groups in total. The van der Waals surface area contributed by atoms with Crippen LogP contribution in [0.1, 0.15) is 54.8 Å². The molecule has 5 aromatic carbocycles. The number of amides is 2. The van der Waals surface area contributed by atoms with E-state index in [9.17, 15) is 19.6 Å². The molecule has 0 radical (unpaired) electrons. The van der Waals surface area contributed by atoms with Crippen molar-refractivity contribution in [1.29, 1.82) is 0 Å². The minimum Gasteiger partial charge on any atom is -0.497 e. The average Bonchev–Trinajstić information content (AvgIpc) is 3.99. The molecule has 9 rings (SSSR count). The van der Waals surface area contributed by atoms with Gasteiger partial charge >= 0.3 is 0 Å². The smallest absolute Gasteiger partial charge is 0.262 e. The third kappa shape index (κ3) is 7.71. The predicted octanol–water partition coefficient (Wildman–Crippen LogP) is 6.70. The van der Waals surface area contributed by atoms with E-state index in [1.54, 1.807) is 67.3 Å². The number of aliphatic hydroxyl groups excluding tert-OH is 1. The Labute approximate surface area is 376 Å². The van der Waals surface area contributed by atoms with E-state index in [0.29, 0.717) is 63.7 Å². The van der Waals surface area contributed by atoms with Gasteiger partial charge in [-0.3, -0.25) is 24.6 Å². The molecule has 2 aromatic heterocycles. The standard InChI is InChI=1S/C49H46N7O8P/c1-4-12-31-15-11-18-37-38(31)47(59)56(46(37)58)40-41(57)42(63-48(40)55-29-54-39-44(52-28-53-45(39)55)51-27-30-13-7-5-8-14-30)43(64-65(50)60)49(32-16-9-6-10-17-32,33-19-23-35(61-2)24-20-33)34-21-25-36(62-3)26-22-34/h4-11,13-26,28-29,40-43,48,57,60H,1,12,27,50H2,2-3H3,(H,51,52,53)/t40-,41+,42+,43?,48-,65?/m1/s1. The van der Waals surface area contributed by atoms with Gasteiger partial charge in [-0.25, -0.2) is 15.0 Å². The lowest BCUT2D eigenvalue weighted by Crippen LogP contribution is -2.55. The maximum Gasteiger partial charge on any atom is 0.262 e. The highest BCUT2D eigenvalue weighted by atomic mass is 31.2. The maximum atomic E-state index is 14.9. The molecule has 1 fully saturated rings. The third-order valence-corrected chi connectivity index (χ3v) is 12.6. The normalized spacial score (nSPS) is 19.2. The van der Waals surface area contributed by atoms with Crippen LogP contribution < -0.4 is 20.3 Å². The summed E-state index contributed by atoms with van der Waals surface area (Å²) in [4.78, 5) is 55.7. The number of anilines is 1. The van der Waals surface area contributed by atoms with E-state index < -0.39 is 56.3 Å². The molecule has 4 heterocycles. The highest BCUT2D eigenvalue weighted by Gasteiger charge is 2.61. The van der Waals surface area contributed by atoms with Crippen molar-refractivity contribution in [2.75, 3.05) is 19.5 Å². The summed E-state index contributed by atoms with van der Waals surface area (Å²) in [6, 6.07) is 37.6.